The summed E-state index contributed by atoms with van der Waals surface area (Å²) in [4.78, 5) is 26.8. The van der Waals surface area contributed by atoms with Gasteiger partial charge in [-0.2, -0.15) is 0 Å². The van der Waals surface area contributed by atoms with Crippen LogP contribution in [0.4, 0.5) is 5.82 Å². The van der Waals surface area contributed by atoms with Gasteiger partial charge >= 0.3 is 5.97 Å². The van der Waals surface area contributed by atoms with Gasteiger partial charge in [-0.1, -0.05) is 11.6 Å². The van der Waals surface area contributed by atoms with Crippen molar-refractivity contribution in [3.05, 3.63) is 45.2 Å². The summed E-state index contributed by atoms with van der Waals surface area (Å²) in [5.74, 6) is -1.27. The summed E-state index contributed by atoms with van der Waals surface area (Å²) in [5, 5.41) is 11.3. The van der Waals surface area contributed by atoms with Crippen molar-refractivity contribution in [2.24, 2.45) is 0 Å². The van der Waals surface area contributed by atoms with Gasteiger partial charge in [0.1, 0.15) is 5.82 Å². The van der Waals surface area contributed by atoms with Crippen molar-refractivity contribution in [2.75, 3.05) is 5.32 Å². The number of thiophene rings is 1. The molecular weight excluding hydrogens is 276 g/mol. The Hall–Kier alpha value is -1.92. The maximum absolute atomic E-state index is 11.8. The van der Waals surface area contributed by atoms with E-state index < -0.39 is 5.97 Å². The first-order valence-electron chi connectivity index (χ1n) is 4.82. The van der Waals surface area contributed by atoms with Crippen molar-refractivity contribution in [3.8, 4) is 0 Å². The van der Waals surface area contributed by atoms with E-state index in [4.69, 9.17) is 16.7 Å². The van der Waals surface area contributed by atoms with Crippen molar-refractivity contribution >= 4 is 40.6 Å². The van der Waals surface area contributed by atoms with Crippen LogP contribution in [0.25, 0.3) is 0 Å². The second-order valence-corrected chi connectivity index (χ2v) is 5.01. The molecule has 18 heavy (non-hydrogen) atoms. The largest absolute Gasteiger partial charge is 0.478 e. The zero-order valence-electron chi connectivity index (χ0n) is 8.88. The highest BCUT2D eigenvalue weighted by molar-refractivity contribution is 7.18. The number of aromatic carboxylic acids is 1. The summed E-state index contributed by atoms with van der Waals surface area (Å²) >= 11 is 6.85. The van der Waals surface area contributed by atoms with Crippen molar-refractivity contribution in [3.63, 3.8) is 0 Å². The molecule has 2 aromatic rings. The normalized spacial score (nSPS) is 10.1. The molecule has 0 aliphatic heterocycles. The molecule has 0 unspecified atom stereocenters. The molecule has 2 aromatic heterocycles. The summed E-state index contributed by atoms with van der Waals surface area (Å²) in [5.41, 5.74) is 0.0597. The fraction of sp³-hybridized carbons (Fsp3) is 0. The molecule has 1 amide bonds. The van der Waals surface area contributed by atoms with E-state index in [9.17, 15) is 9.59 Å². The van der Waals surface area contributed by atoms with Gasteiger partial charge in [0.05, 0.1) is 14.8 Å². The van der Waals surface area contributed by atoms with Gasteiger partial charge in [0, 0.05) is 6.20 Å². The van der Waals surface area contributed by atoms with Crippen molar-refractivity contribution < 1.29 is 14.7 Å². The van der Waals surface area contributed by atoms with Crippen LogP contribution in [0, 0.1) is 0 Å². The molecule has 7 heteroatoms. The minimum atomic E-state index is -1.08. The fourth-order valence-electron chi connectivity index (χ4n) is 1.25. The Morgan fingerprint density at radius 2 is 2.11 bits per heavy atom. The molecule has 0 bridgehead atoms. The molecule has 2 rings (SSSR count). The first-order chi connectivity index (χ1) is 8.56. The van der Waals surface area contributed by atoms with Gasteiger partial charge in [0.25, 0.3) is 5.91 Å². The topological polar surface area (TPSA) is 79.3 Å². The Morgan fingerprint density at radius 1 is 1.33 bits per heavy atom. The van der Waals surface area contributed by atoms with Crippen LogP contribution in [0.5, 0.6) is 0 Å². The number of carboxylic acids is 1. The summed E-state index contributed by atoms with van der Waals surface area (Å²) in [6.07, 6.45) is 1.32. The summed E-state index contributed by atoms with van der Waals surface area (Å²) < 4.78 is 0.507. The molecule has 0 aliphatic rings. The number of hydrogen-bond donors (Lipinski definition) is 2. The third-order valence-electron chi connectivity index (χ3n) is 2.05. The zero-order chi connectivity index (χ0) is 13.1. The van der Waals surface area contributed by atoms with Crippen molar-refractivity contribution in [2.45, 2.75) is 0 Å². The number of pyridine rings is 1. The van der Waals surface area contributed by atoms with Gasteiger partial charge in [-0.25, -0.2) is 9.78 Å². The zero-order valence-corrected chi connectivity index (χ0v) is 10.5. The third-order valence-corrected chi connectivity index (χ3v) is 3.28. The highest BCUT2D eigenvalue weighted by Gasteiger charge is 2.11. The molecule has 0 aromatic carbocycles. The Kier molecular flexibility index (Phi) is 3.59. The molecule has 0 saturated carbocycles. The quantitative estimate of drug-likeness (QED) is 0.907. The smallest absolute Gasteiger partial charge is 0.335 e. The first-order valence-corrected chi connectivity index (χ1v) is 6.02. The molecule has 92 valence electrons. The molecule has 0 radical (unpaired) electrons. The SMILES string of the molecule is O=C(O)c1ccnc(NC(=O)c2ccc(Cl)s2)c1. The van der Waals surface area contributed by atoms with Crippen LogP contribution in [0.1, 0.15) is 20.0 Å². The first kappa shape index (κ1) is 12.5. The lowest BCUT2D eigenvalue weighted by Gasteiger charge is -2.03. The highest BCUT2D eigenvalue weighted by Crippen LogP contribution is 2.22. The van der Waals surface area contributed by atoms with E-state index in [1.54, 1.807) is 12.1 Å². The van der Waals surface area contributed by atoms with E-state index in [0.717, 1.165) is 11.3 Å². The van der Waals surface area contributed by atoms with E-state index >= 15 is 0 Å². The molecule has 0 atom stereocenters. The second-order valence-electron chi connectivity index (χ2n) is 3.29. The van der Waals surface area contributed by atoms with Gasteiger partial charge < -0.3 is 10.4 Å². The molecule has 0 aliphatic carbocycles. The van der Waals surface area contributed by atoms with Crippen LogP contribution in [0.15, 0.2) is 30.5 Å². The molecule has 0 fully saturated rings. The van der Waals surface area contributed by atoms with Crippen LogP contribution in [0.3, 0.4) is 0 Å². The maximum atomic E-state index is 11.8. The van der Waals surface area contributed by atoms with Gasteiger partial charge in [-0.15, -0.1) is 11.3 Å². The van der Waals surface area contributed by atoms with Gasteiger partial charge in [0.15, 0.2) is 0 Å². The van der Waals surface area contributed by atoms with Crippen LogP contribution in [0.2, 0.25) is 4.34 Å². The minimum Gasteiger partial charge on any atom is -0.478 e. The number of hydrogen-bond acceptors (Lipinski definition) is 4. The van der Waals surface area contributed by atoms with E-state index in [1.807, 2.05) is 0 Å². The lowest BCUT2D eigenvalue weighted by atomic mass is 10.2. The number of anilines is 1. The average Bonchev–Trinajstić information content (AvgIpc) is 2.76. The number of carbonyl (C=O) groups excluding carboxylic acids is 1. The Balaban J connectivity index is 2.16. The van der Waals surface area contributed by atoms with Crippen molar-refractivity contribution in [1.82, 2.24) is 4.98 Å². The minimum absolute atomic E-state index is 0.0597. The van der Waals surface area contributed by atoms with Gasteiger partial charge in [-0.05, 0) is 24.3 Å². The summed E-state index contributed by atoms with van der Waals surface area (Å²) in [7, 11) is 0. The average molecular weight is 283 g/mol. The van der Waals surface area contributed by atoms with Crippen LogP contribution >= 0.6 is 22.9 Å². The monoisotopic (exact) mass is 282 g/mol. The van der Waals surface area contributed by atoms with Crippen LogP contribution in [-0.2, 0) is 0 Å². The predicted molar refractivity (Wildman–Crippen MR) is 68.5 cm³/mol. The Labute approximate surface area is 111 Å². The highest BCUT2D eigenvalue weighted by atomic mass is 35.5. The van der Waals surface area contributed by atoms with Gasteiger partial charge in [-0.3, -0.25) is 4.79 Å². The number of amides is 1. The van der Waals surface area contributed by atoms with E-state index in [2.05, 4.69) is 10.3 Å². The van der Waals surface area contributed by atoms with E-state index in [1.165, 1.54) is 18.3 Å². The number of carboxylic acid groups (broad SMARTS) is 1. The second kappa shape index (κ2) is 5.16. The number of halogens is 1. The molecule has 0 saturated heterocycles. The number of carbonyl (C=O) groups is 2. The third kappa shape index (κ3) is 2.85. The van der Waals surface area contributed by atoms with Crippen molar-refractivity contribution in [1.29, 1.82) is 0 Å². The predicted octanol–water partition coefficient (Wildman–Crippen LogP) is 2.75. The molecule has 2 heterocycles. The van der Waals surface area contributed by atoms with Crippen LogP contribution < -0.4 is 5.32 Å². The van der Waals surface area contributed by atoms with E-state index in [0.29, 0.717) is 9.21 Å². The lowest BCUT2D eigenvalue weighted by molar-refractivity contribution is 0.0696. The molecule has 2 N–H and O–H groups in total. The number of nitrogens with one attached hydrogen (secondary N) is 1. The fourth-order valence-corrected chi connectivity index (χ4v) is 2.18. The molecule has 0 spiro atoms. The summed E-state index contributed by atoms with van der Waals surface area (Å²) in [6.45, 7) is 0. The standard InChI is InChI=1S/C11H7ClN2O3S/c12-8-2-1-7(18-8)10(15)14-9-5-6(11(16)17)3-4-13-9/h1-5H,(H,16,17)(H,13,14,15). The molecule has 5 nitrogen and oxygen atoms in total. The summed E-state index contributed by atoms with van der Waals surface area (Å²) in [6, 6.07) is 5.83. The molecular formula is C11H7ClN2O3S. The lowest BCUT2D eigenvalue weighted by Crippen LogP contribution is -2.12. The number of rotatable bonds is 3. The Morgan fingerprint density at radius 3 is 2.72 bits per heavy atom. The van der Waals surface area contributed by atoms with Crippen LogP contribution in [-0.4, -0.2) is 22.0 Å². The maximum Gasteiger partial charge on any atom is 0.335 e. The number of nitrogens with zero attached hydrogens (tertiary/aromatic N) is 1. The van der Waals surface area contributed by atoms with E-state index in [-0.39, 0.29) is 17.3 Å². The number of aromatic nitrogens is 1. The van der Waals surface area contributed by atoms with Gasteiger partial charge in [0.2, 0.25) is 0 Å². The Bertz CT molecular complexity index is 612.